The van der Waals surface area contributed by atoms with Gasteiger partial charge >= 0.3 is 5.97 Å². The maximum atomic E-state index is 12.0. The van der Waals surface area contributed by atoms with Crippen LogP contribution < -0.4 is 14.2 Å². The van der Waals surface area contributed by atoms with Gasteiger partial charge in [0.1, 0.15) is 17.5 Å². The Morgan fingerprint density at radius 3 is 2.89 bits per heavy atom. The van der Waals surface area contributed by atoms with E-state index in [1.807, 2.05) is 24.3 Å². The van der Waals surface area contributed by atoms with Crippen molar-refractivity contribution in [2.45, 2.75) is 6.61 Å². The fourth-order valence-electron chi connectivity index (χ4n) is 2.77. The van der Waals surface area contributed by atoms with Crippen LogP contribution in [0.25, 0.3) is 17.0 Å². The number of pyridine rings is 1. The van der Waals surface area contributed by atoms with Gasteiger partial charge < -0.3 is 18.9 Å². The number of carbonyl (C=O) groups is 1. The van der Waals surface area contributed by atoms with Crippen molar-refractivity contribution >= 4 is 34.5 Å². The number of hydrogen-bond donors (Lipinski definition) is 0. The number of carbonyl (C=O) groups excluding carboxylic acids is 1. The van der Waals surface area contributed by atoms with Gasteiger partial charge in [0.2, 0.25) is 6.79 Å². The zero-order valence-corrected chi connectivity index (χ0v) is 15.7. The molecule has 3 aromatic rings. The number of methoxy groups -OCH3 is 1. The number of benzene rings is 2. The Labute approximate surface area is 166 Å². The Morgan fingerprint density at radius 1 is 1.18 bits per heavy atom. The second kappa shape index (κ2) is 7.78. The van der Waals surface area contributed by atoms with E-state index in [4.69, 9.17) is 30.5 Å². The van der Waals surface area contributed by atoms with Crippen LogP contribution >= 0.6 is 11.6 Å². The summed E-state index contributed by atoms with van der Waals surface area (Å²) in [6, 6.07) is 12.8. The van der Waals surface area contributed by atoms with Crippen LogP contribution in [0, 0.1) is 0 Å². The van der Waals surface area contributed by atoms with E-state index < -0.39 is 5.97 Å². The topological polar surface area (TPSA) is 66.9 Å². The molecule has 6 nitrogen and oxygen atoms in total. The van der Waals surface area contributed by atoms with Crippen LogP contribution in [0.1, 0.15) is 11.1 Å². The monoisotopic (exact) mass is 397 g/mol. The third-order valence-corrected chi connectivity index (χ3v) is 4.56. The Kier molecular flexibility index (Phi) is 5.04. The molecule has 2 aromatic carbocycles. The first-order chi connectivity index (χ1) is 13.6. The summed E-state index contributed by atoms with van der Waals surface area (Å²) in [5.74, 6) is 1.56. The van der Waals surface area contributed by atoms with Crippen molar-refractivity contribution < 1.29 is 23.7 Å². The number of rotatable bonds is 5. The molecule has 0 saturated carbocycles. The molecule has 0 spiro atoms. The molecule has 0 fully saturated rings. The van der Waals surface area contributed by atoms with Crippen molar-refractivity contribution in [3.05, 3.63) is 64.8 Å². The summed E-state index contributed by atoms with van der Waals surface area (Å²) in [6.07, 6.45) is 3.00. The van der Waals surface area contributed by atoms with Crippen molar-refractivity contribution in [1.29, 1.82) is 0 Å². The molecular weight excluding hydrogens is 382 g/mol. The molecule has 0 radical (unpaired) electrons. The SMILES string of the molecule is COc1ccc2cc(COC(=O)/C=C/c3ccc4c(c3)OCO4)c(Cl)nc2c1. The molecular formula is C21H16ClNO5. The van der Waals surface area contributed by atoms with Crippen LogP contribution in [0.5, 0.6) is 17.2 Å². The second-order valence-electron chi connectivity index (χ2n) is 6.05. The van der Waals surface area contributed by atoms with E-state index >= 15 is 0 Å². The van der Waals surface area contributed by atoms with Crippen molar-refractivity contribution in [2.24, 2.45) is 0 Å². The summed E-state index contributed by atoms with van der Waals surface area (Å²) in [4.78, 5) is 16.4. The number of fused-ring (bicyclic) bond motifs is 2. The van der Waals surface area contributed by atoms with E-state index in [0.717, 1.165) is 10.9 Å². The summed E-state index contributed by atoms with van der Waals surface area (Å²) in [7, 11) is 1.59. The first kappa shape index (κ1) is 18.1. The fourth-order valence-corrected chi connectivity index (χ4v) is 2.97. The number of aromatic nitrogens is 1. The van der Waals surface area contributed by atoms with Gasteiger partial charge in [-0.1, -0.05) is 17.7 Å². The predicted octanol–water partition coefficient (Wildman–Crippen LogP) is 4.38. The zero-order chi connectivity index (χ0) is 19.5. The van der Waals surface area contributed by atoms with E-state index in [-0.39, 0.29) is 18.6 Å². The van der Waals surface area contributed by atoms with Crippen molar-refractivity contribution in [3.63, 3.8) is 0 Å². The standard InChI is InChI=1S/C21H16ClNO5/c1-25-16-5-4-14-9-15(21(22)23-17(14)10-16)11-26-20(24)7-3-13-2-6-18-19(8-13)28-12-27-18/h2-10H,11-12H2,1H3/b7-3+. The highest BCUT2D eigenvalue weighted by molar-refractivity contribution is 6.30. The molecule has 0 atom stereocenters. The highest BCUT2D eigenvalue weighted by Gasteiger charge is 2.12. The molecule has 0 aliphatic carbocycles. The van der Waals surface area contributed by atoms with Crippen LogP contribution in [-0.4, -0.2) is 24.9 Å². The predicted molar refractivity (Wildman–Crippen MR) is 105 cm³/mol. The lowest BCUT2D eigenvalue weighted by Gasteiger charge is -2.07. The van der Waals surface area contributed by atoms with E-state index in [0.29, 0.717) is 28.3 Å². The lowest BCUT2D eigenvalue weighted by atomic mass is 10.1. The Hall–Kier alpha value is -3.25. The highest BCUT2D eigenvalue weighted by Crippen LogP contribution is 2.32. The number of halogens is 1. The average molecular weight is 398 g/mol. The molecule has 142 valence electrons. The Balaban J connectivity index is 1.42. The largest absolute Gasteiger partial charge is 0.497 e. The number of nitrogens with zero attached hydrogens (tertiary/aromatic N) is 1. The van der Waals surface area contributed by atoms with Gasteiger partial charge in [0, 0.05) is 23.1 Å². The van der Waals surface area contributed by atoms with Crippen molar-refractivity contribution in [1.82, 2.24) is 4.98 Å². The van der Waals surface area contributed by atoms with Crippen LogP contribution in [0.15, 0.2) is 48.5 Å². The molecule has 28 heavy (non-hydrogen) atoms. The van der Waals surface area contributed by atoms with Crippen LogP contribution in [0.4, 0.5) is 0 Å². The zero-order valence-electron chi connectivity index (χ0n) is 15.0. The summed E-state index contributed by atoms with van der Waals surface area (Å²) >= 11 is 6.22. The number of ether oxygens (including phenoxy) is 4. The van der Waals surface area contributed by atoms with Gasteiger partial charge in [0.15, 0.2) is 11.5 Å². The van der Waals surface area contributed by atoms with E-state index in [9.17, 15) is 4.79 Å². The molecule has 1 aliphatic rings. The molecule has 4 rings (SSSR count). The van der Waals surface area contributed by atoms with E-state index in [2.05, 4.69) is 4.98 Å². The van der Waals surface area contributed by atoms with Gasteiger partial charge in [0.25, 0.3) is 0 Å². The van der Waals surface area contributed by atoms with Crippen molar-refractivity contribution in [2.75, 3.05) is 13.9 Å². The smallest absolute Gasteiger partial charge is 0.331 e. The lowest BCUT2D eigenvalue weighted by molar-refractivity contribution is -0.138. The minimum Gasteiger partial charge on any atom is -0.497 e. The van der Waals surface area contributed by atoms with Gasteiger partial charge in [-0.3, -0.25) is 0 Å². The maximum Gasteiger partial charge on any atom is 0.331 e. The van der Waals surface area contributed by atoms with Gasteiger partial charge in [-0.2, -0.15) is 0 Å². The Bertz CT molecular complexity index is 1080. The second-order valence-corrected chi connectivity index (χ2v) is 6.41. The molecule has 0 unspecified atom stereocenters. The average Bonchev–Trinajstić information content (AvgIpc) is 3.18. The molecule has 0 N–H and O–H groups in total. The van der Waals surface area contributed by atoms with Crippen LogP contribution in [0.2, 0.25) is 5.15 Å². The normalized spacial score (nSPS) is 12.5. The quantitative estimate of drug-likeness (QED) is 0.361. The summed E-state index contributed by atoms with van der Waals surface area (Å²) in [5.41, 5.74) is 2.15. The van der Waals surface area contributed by atoms with Gasteiger partial charge in [-0.05, 0) is 42.0 Å². The minimum atomic E-state index is -0.483. The van der Waals surface area contributed by atoms with Gasteiger partial charge in [-0.15, -0.1) is 0 Å². The van der Waals surface area contributed by atoms with E-state index in [1.165, 1.54) is 6.08 Å². The first-order valence-electron chi connectivity index (χ1n) is 8.50. The number of hydrogen-bond acceptors (Lipinski definition) is 6. The molecule has 2 heterocycles. The molecule has 1 aliphatic heterocycles. The summed E-state index contributed by atoms with van der Waals surface area (Å²) in [6.45, 7) is 0.232. The van der Waals surface area contributed by atoms with Gasteiger partial charge in [0.05, 0.1) is 12.6 Å². The highest BCUT2D eigenvalue weighted by atomic mass is 35.5. The van der Waals surface area contributed by atoms with Crippen LogP contribution in [-0.2, 0) is 16.1 Å². The lowest BCUT2D eigenvalue weighted by Crippen LogP contribution is -2.02. The summed E-state index contributed by atoms with van der Waals surface area (Å²) < 4.78 is 21.0. The van der Waals surface area contributed by atoms with Gasteiger partial charge in [-0.25, -0.2) is 9.78 Å². The van der Waals surface area contributed by atoms with Crippen LogP contribution in [0.3, 0.4) is 0 Å². The molecule has 7 heteroatoms. The first-order valence-corrected chi connectivity index (χ1v) is 8.88. The third-order valence-electron chi connectivity index (χ3n) is 4.23. The molecule has 0 bridgehead atoms. The van der Waals surface area contributed by atoms with Crippen molar-refractivity contribution in [3.8, 4) is 17.2 Å². The van der Waals surface area contributed by atoms with E-state index in [1.54, 1.807) is 31.4 Å². The summed E-state index contributed by atoms with van der Waals surface area (Å²) in [5, 5.41) is 1.17. The number of esters is 1. The third kappa shape index (κ3) is 3.87. The minimum absolute atomic E-state index is 0.0259. The molecule has 0 amide bonds. The maximum absolute atomic E-state index is 12.0. The fraction of sp³-hybridized carbons (Fsp3) is 0.143. The molecule has 1 aromatic heterocycles. The Morgan fingerprint density at radius 2 is 2.04 bits per heavy atom. The molecule has 0 saturated heterocycles.